The molecule has 1 aliphatic rings. The van der Waals surface area contributed by atoms with Gasteiger partial charge in [0.25, 0.3) is 0 Å². The summed E-state index contributed by atoms with van der Waals surface area (Å²) in [6.07, 6.45) is -3.29. The lowest BCUT2D eigenvalue weighted by Crippen LogP contribution is -2.46. The third kappa shape index (κ3) is 12.2. The molecule has 10 nitrogen and oxygen atoms in total. The summed E-state index contributed by atoms with van der Waals surface area (Å²) in [5, 5.41) is 0.923. The summed E-state index contributed by atoms with van der Waals surface area (Å²) in [6, 6.07) is 27.0. The number of aromatic nitrogens is 6. The minimum atomic E-state index is -4.54. The molecular weight excluding hydrogens is 898 g/mol. The van der Waals surface area contributed by atoms with E-state index < -0.39 is 17.4 Å². The van der Waals surface area contributed by atoms with Crippen LogP contribution < -0.4 is 15.2 Å². The molecule has 344 valence electrons. The zero-order valence-electron chi connectivity index (χ0n) is 37.2. The van der Waals surface area contributed by atoms with Crippen molar-refractivity contribution in [3.8, 4) is 57.6 Å². The van der Waals surface area contributed by atoms with Gasteiger partial charge in [0.05, 0.1) is 24.3 Å². The van der Waals surface area contributed by atoms with Crippen LogP contribution in [-0.2, 0) is 17.8 Å². The molecule has 0 atom stereocenters. The van der Waals surface area contributed by atoms with E-state index in [1.165, 1.54) is 19.8 Å². The van der Waals surface area contributed by atoms with Gasteiger partial charge in [0.15, 0.2) is 23.3 Å². The largest absolute Gasteiger partial charge is 0.467 e. The topological polar surface area (TPSA) is 139 Å². The molecule has 1 saturated carbocycles. The van der Waals surface area contributed by atoms with Gasteiger partial charge in [-0.15, -0.1) is 12.4 Å². The maximum Gasteiger partial charge on any atom is 0.401 e. The average Bonchev–Trinajstić information content (AvgIpc) is 3.31. The van der Waals surface area contributed by atoms with Gasteiger partial charge in [-0.2, -0.15) is 33.1 Å². The third-order valence-electron chi connectivity index (χ3n) is 11.4. The second-order valence-electron chi connectivity index (χ2n) is 16.4. The number of methoxy groups -OCH3 is 2. The molecule has 0 bridgehead atoms. The Morgan fingerprint density at radius 2 is 1.11 bits per heavy atom. The summed E-state index contributed by atoms with van der Waals surface area (Å²) >= 11 is 12.9. The molecule has 1 fully saturated rings. The molecule has 2 heterocycles. The quantitative estimate of drug-likeness (QED) is 0.119. The van der Waals surface area contributed by atoms with E-state index in [0.29, 0.717) is 75.4 Å². The number of rotatable bonds is 13. The minimum Gasteiger partial charge on any atom is -0.467 e. The molecule has 0 amide bonds. The molecule has 0 radical (unpaired) electrons. The average molecular weight is 951 g/mol. The number of nitrogens with two attached hydrogens (primary N) is 1. The van der Waals surface area contributed by atoms with Crippen LogP contribution in [0.5, 0.6) is 12.0 Å². The van der Waals surface area contributed by atoms with E-state index in [4.69, 9.17) is 38.4 Å². The summed E-state index contributed by atoms with van der Waals surface area (Å²) in [4.78, 5) is 39.7. The number of ketones is 1. The van der Waals surface area contributed by atoms with Crippen LogP contribution in [0.3, 0.4) is 0 Å². The number of Topliss-reactive ketones (excluding diaryl/α,β-unsaturated/α-hetero) is 1. The highest BCUT2D eigenvalue weighted by molar-refractivity contribution is 6.33. The van der Waals surface area contributed by atoms with Crippen LogP contribution in [0, 0.1) is 5.41 Å². The van der Waals surface area contributed by atoms with Gasteiger partial charge in [-0.25, -0.2) is 9.97 Å². The molecule has 65 heavy (non-hydrogen) atoms. The van der Waals surface area contributed by atoms with Gasteiger partial charge >= 0.3 is 18.2 Å². The molecular formula is C49H53Cl3F3N7O3. The highest BCUT2D eigenvalue weighted by Gasteiger charge is 2.58. The Hall–Kier alpha value is -5.21. The van der Waals surface area contributed by atoms with E-state index in [1.807, 2.05) is 48.5 Å². The molecule has 4 aromatic carbocycles. The van der Waals surface area contributed by atoms with Crippen LogP contribution in [-0.4, -0.2) is 56.1 Å². The zero-order valence-corrected chi connectivity index (χ0v) is 39.5. The van der Waals surface area contributed by atoms with Crippen molar-refractivity contribution in [1.29, 1.82) is 0 Å². The summed E-state index contributed by atoms with van der Waals surface area (Å²) in [7, 11) is 2.99. The predicted molar refractivity (Wildman–Crippen MR) is 253 cm³/mol. The van der Waals surface area contributed by atoms with E-state index in [1.54, 1.807) is 24.3 Å². The number of ether oxygens (including phenoxy) is 2. The van der Waals surface area contributed by atoms with E-state index in [9.17, 15) is 18.0 Å². The number of benzene rings is 4. The Balaban J connectivity index is 0.000000257. The first-order valence-electron chi connectivity index (χ1n) is 21.2. The Kier molecular flexibility index (Phi) is 17.4. The Labute approximate surface area is 394 Å². The van der Waals surface area contributed by atoms with Crippen LogP contribution >= 0.6 is 35.6 Å². The van der Waals surface area contributed by atoms with Crippen molar-refractivity contribution in [3.05, 3.63) is 117 Å². The number of halogens is 6. The number of aryl methyl sites for hydroxylation is 1. The lowest BCUT2D eigenvalue weighted by atomic mass is 9.69. The predicted octanol–water partition coefficient (Wildman–Crippen LogP) is 12.9. The first kappa shape index (κ1) is 50.8. The van der Waals surface area contributed by atoms with Crippen molar-refractivity contribution in [3.63, 3.8) is 0 Å². The van der Waals surface area contributed by atoms with Crippen molar-refractivity contribution >= 4 is 41.4 Å². The zero-order chi connectivity index (χ0) is 46.2. The fraction of sp³-hybridized carbons (Fsp3) is 0.367. The van der Waals surface area contributed by atoms with Gasteiger partial charge in [0.2, 0.25) is 0 Å². The summed E-state index contributed by atoms with van der Waals surface area (Å²) in [5.41, 5.74) is 10.4. The Morgan fingerprint density at radius 3 is 1.54 bits per heavy atom. The van der Waals surface area contributed by atoms with Crippen LogP contribution in [0.2, 0.25) is 10.0 Å². The van der Waals surface area contributed by atoms with E-state index >= 15 is 0 Å². The standard InChI is InChI=1S/C29H31ClF3N3O2.C20H21ClN4O.ClH/c1-18(2)20-8-7-9-21(17-20)25-34-26(36-27(35-25)38-3)22-16-19(10-12-23(22)30)11-13-24(37)28(29(31,32)33)14-5-4-6-15-28;1-12(2)14-5-4-6-15(10-14)18-23-19(25-20(24-18)26-3)16-9-13(11-22)7-8-17(16)21;/h7-10,12,16-18H,4-6,11,13-15H2,1-3H3;4-10,12H,11,22H2,1-3H3;1H. The molecule has 1 aliphatic carbocycles. The molecule has 0 spiro atoms. The SMILES string of the molecule is COc1nc(-c2cccc(C(C)C)c2)nc(-c2cc(CCC(=O)C3(C(F)(F)F)CCCCC3)ccc2Cl)n1.COc1nc(-c2cccc(C(C)C)c2)nc(-c2cc(CN)ccc2Cl)n1.Cl. The second-order valence-corrected chi connectivity index (χ2v) is 17.2. The van der Waals surface area contributed by atoms with E-state index in [-0.39, 0.29) is 55.9 Å². The Morgan fingerprint density at radius 1 is 0.662 bits per heavy atom. The molecule has 2 N–H and O–H groups in total. The van der Waals surface area contributed by atoms with Crippen LogP contribution in [0.1, 0.15) is 100 Å². The summed E-state index contributed by atoms with van der Waals surface area (Å²) in [6.45, 7) is 8.90. The van der Waals surface area contributed by atoms with Crippen molar-refractivity contribution in [2.45, 2.75) is 97.2 Å². The number of carbonyl (C=O) groups is 1. The van der Waals surface area contributed by atoms with Gasteiger partial charge in [0.1, 0.15) is 11.2 Å². The monoisotopic (exact) mass is 949 g/mol. The molecule has 6 aromatic rings. The second kappa shape index (κ2) is 22.3. The molecule has 7 rings (SSSR count). The van der Waals surface area contributed by atoms with Crippen molar-refractivity contribution in [2.75, 3.05) is 14.2 Å². The fourth-order valence-corrected chi connectivity index (χ4v) is 8.02. The van der Waals surface area contributed by atoms with E-state index in [2.05, 4.69) is 69.7 Å². The van der Waals surface area contributed by atoms with Crippen molar-refractivity contribution in [2.24, 2.45) is 11.1 Å². The number of carbonyl (C=O) groups excluding carboxylic acids is 1. The van der Waals surface area contributed by atoms with Crippen LogP contribution in [0.15, 0.2) is 84.9 Å². The number of hydrogen-bond donors (Lipinski definition) is 1. The lowest BCUT2D eigenvalue weighted by Gasteiger charge is -2.37. The van der Waals surface area contributed by atoms with Gasteiger partial charge in [-0.3, -0.25) is 4.79 Å². The van der Waals surface area contributed by atoms with Gasteiger partial charge in [0, 0.05) is 35.2 Å². The van der Waals surface area contributed by atoms with Gasteiger partial charge in [-0.1, -0.05) is 119 Å². The molecule has 0 saturated heterocycles. The summed E-state index contributed by atoms with van der Waals surface area (Å²) in [5.74, 6) is 1.68. The molecule has 0 unspecified atom stereocenters. The van der Waals surface area contributed by atoms with Gasteiger partial charge in [-0.05, 0) is 89.8 Å². The summed E-state index contributed by atoms with van der Waals surface area (Å²) < 4.78 is 52.5. The Bertz CT molecular complexity index is 2590. The molecule has 0 aliphatic heterocycles. The normalized spacial score (nSPS) is 13.4. The van der Waals surface area contributed by atoms with Crippen molar-refractivity contribution < 1.29 is 27.4 Å². The van der Waals surface area contributed by atoms with Crippen LogP contribution in [0.4, 0.5) is 13.2 Å². The molecule has 16 heteroatoms. The highest BCUT2D eigenvalue weighted by atomic mass is 35.5. The smallest absolute Gasteiger partial charge is 0.401 e. The first-order chi connectivity index (χ1) is 30.5. The van der Waals surface area contributed by atoms with Crippen molar-refractivity contribution in [1.82, 2.24) is 29.9 Å². The first-order valence-corrected chi connectivity index (χ1v) is 22.0. The van der Waals surface area contributed by atoms with E-state index in [0.717, 1.165) is 28.7 Å². The minimum absolute atomic E-state index is 0. The lowest BCUT2D eigenvalue weighted by molar-refractivity contribution is -0.228. The maximum absolute atomic E-state index is 14.0. The number of alkyl halides is 3. The molecule has 2 aromatic heterocycles. The number of nitrogens with zero attached hydrogens (tertiary/aromatic N) is 6. The highest BCUT2D eigenvalue weighted by Crippen LogP contribution is 2.50. The number of hydrogen-bond acceptors (Lipinski definition) is 10. The fourth-order valence-electron chi connectivity index (χ4n) is 7.61. The maximum atomic E-state index is 14.0. The third-order valence-corrected chi connectivity index (χ3v) is 12.1. The van der Waals surface area contributed by atoms with Gasteiger partial charge < -0.3 is 15.2 Å². The van der Waals surface area contributed by atoms with Crippen LogP contribution in [0.25, 0.3) is 45.6 Å².